The van der Waals surface area contributed by atoms with E-state index in [4.69, 9.17) is 4.74 Å². The zero-order valence-corrected chi connectivity index (χ0v) is 10.5. The van der Waals surface area contributed by atoms with Crippen molar-refractivity contribution in [2.45, 2.75) is 53.5 Å². The Bertz CT molecular complexity index is 132. The standard InChI is InChI=1S/C12H27NO/c1-6-8-14-9-7-12(4,5)10-13-11(2)3/h11,13H,6-10H2,1-5H3. The molecule has 2 nitrogen and oxygen atoms in total. The van der Waals surface area contributed by atoms with Crippen molar-refractivity contribution in [3.05, 3.63) is 0 Å². The molecule has 1 N–H and O–H groups in total. The van der Waals surface area contributed by atoms with Crippen molar-refractivity contribution < 1.29 is 4.74 Å². The van der Waals surface area contributed by atoms with Crippen LogP contribution in [0.2, 0.25) is 0 Å². The molecule has 2 heteroatoms. The average molecular weight is 201 g/mol. The van der Waals surface area contributed by atoms with Gasteiger partial charge in [0.1, 0.15) is 0 Å². The van der Waals surface area contributed by atoms with Crippen LogP contribution < -0.4 is 5.32 Å². The van der Waals surface area contributed by atoms with E-state index < -0.39 is 0 Å². The van der Waals surface area contributed by atoms with E-state index in [-0.39, 0.29) is 0 Å². The van der Waals surface area contributed by atoms with Crippen LogP contribution >= 0.6 is 0 Å². The summed E-state index contributed by atoms with van der Waals surface area (Å²) in [5.74, 6) is 0. The Labute approximate surface area is 89.4 Å². The van der Waals surface area contributed by atoms with Crippen LogP contribution in [0.3, 0.4) is 0 Å². The zero-order valence-electron chi connectivity index (χ0n) is 10.5. The third-order valence-electron chi connectivity index (χ3n) is 2.26. The second-order valence-electron chi connectivity index (χ2n) is 5.06. The molecule has 0 bridgehead atoms. The average Bonchev–Trinajstić information content (AvgIpc) is 2.10. The summed E-state index contributed by atoms with van der Waals surface area (Å²) in [6, 6.07) is 0.575. The summed E-state index contributed by atoms with van der Waals surface area (Å²) in [5.41, 5.74) is 0.345. The van der Waals surface area contributed by atoms with Crippen molar-refractivity contribution in [3.8, 4) is 0 Å². The Kier molecular flexibility index (Phi) is 7.20. The van der Waals surface area contributed by atoms with Crippen LogP contribution in [0, 0.1) is 5.41 Å². The highest BCUT2D eigenvalue weighted by Gasteiger charge is 2.17. The number of ether oxygens (including phenoxy) is 1. The molecule has 0 aliphatic rings. The van der Waals surface area contributed by atoms with Gasteiger partial charge in [0, 0.05) is 25.8 Å². The summed E-state index contributed by atoms with van der Waals surface area (Å²) in [6.07, 6.45) is 2.25. The molecule has 0 saturated heterocycles. The molecule has 0 aliphatic heterocycles. The van der Waals surface area contributed by atoms with Crippen LogP contribution in [0.15, 0.2) is 0 Å². The predicted molar refractivity (Wildman–Crippen MR) is 62.6 cm³/mol. The molecular weight excluding hydrogens is 174 g/mol. The lowest BCUT2D eigenvalue weighted by atomic mass is 9.89. The third-order valence-corrected chi connectivity index (χ3v) is 2.26. The van der Waals surface area contributed by atoms with Crippen molar-refractivity contribution in [1.82, 2.24) is 5.32 Å². The maximum absolute atomic E-state index is 5.50. The maximum atomic E-state index is 5.50. The van der Waals surface area contributed by atoms with Crippen molar-refractivity contribution in [2.75, 3.05) is 19.8 Å². The molecule has 0 unspecified atom stereocenters. The molecule has 0 spiro atoms. The van der Waals surface area contributed by atoms with Crippen molar-refractivity contribution in [2.24, 2.45) is 5.41 Å². The van der Waals surface area contributed by atoms with Gasteiger partial charge in [-0.3, -0.25) is 0 Å². The normalized spacial score (nSPS) is 12.4. The van der Waals surface area contributed by atoms with Crippen LogP contribution in [0.25, 0.3) is 0 Å². The number of nitrogens with one attached hydrogen (secondary N) is 1. The Balaban J connectivity index is 3.50. The van der Waals surface area contributed by atoms with E-state index in [1.165, 1.54) is 0 Å². The lowest BCUT2D eigenvalue weighted by Crippen LogP contribution is -2.34. The molecule has 0 fully saturated rings. The fourth-order valence-electron chi connectivity index (χ4n) is 1.16. The smallest absolute Gasteiger partial charge is 0.0471 e. The fraction of sp³-hybridized carbons (Fsp3) is 1.00. The highest BCUT2D eigenvalue weighted by atomic mass is 16.5. The van der Waals surface area contributed by atoms with E-state index in [0.29, 0.717) is 11.5 Å². The zero-order chi connectivity index (χ0) is 11.0. The first kappa shape index (κ1) is 13.9. The minimum absolute atomic E-state index is 0.345. The molecule has 0 radical (unpaired) electrons. The van der Waals surface area contributed by atoms with E-state index in [0.717, 1.165) is 32.6 Å². The third kappa shape index (κ3) is 8.52. The summed E-state index contributed by atoms with van der Waals surface area (Å²) in [5, 5.41) is 3.47. The highest BCUT2D eigenvalue weighted by Crippen LogP contribution is 2.19. The van der Waals surface area contributed by atoms with Gasteiger partial charge in [-0.1, -0.05) is 34.6 Å². The molecule has 0 aromatic rings. The van der Waals surface area contributed by atoms with E-state index in [1.54, 1.807) is 0 Å². The molecule has 14 heavy (non-hydrogen) atoms. The van der Waals surface area contributed by atoms with Gasteiger partial charge in [-0.2, -0.15) is 0 Å². The molecule has 0 heterocycles. The van der Waals surface area contributed by atoms with Gasteiger partial charge >= 0.3 is 0 Å². The number of hydrogen-bond acceptors (Lipinski definition) is 2. The second kappa shape index (κ2) is 7.24. The molecule has 86 valence electrons. The van der Waals surface area contributed by atoms with Crippen LogP contribution in [0.4, 0.5) is 0 Å². The van der Waals surface area contributed by atoms with Gasteiger partial charge in [0.2, 0.25) is 0 Å². The van der Waals surface area contributed by atoms with Crippen LogP contribution in [-0.4, -0.2) is 25.8 Å². The monoisotopic (exact) mass is 201 g/mol. The summed E-state index contributed by atoms with van der Waals surface area (Å²) < 4.78 is 5.50. The molecular formula is C12H27NO. The number of hydrogen-bond donors (Lipinski definition) is 1. The van der Waals surface area contributed by atoms with Gasteiger partial charge in [0.05, 0.1) is 0 Å². The predicted octanol–water partition coefficient (Wildman–Crippen LogP) is 2.83. The summed E-state index contributed by atoms with van der Waals surface area (Å²) in [4.78, 5) is 0. The van der Waals surface area contributed by atoms with Gasteiger partial charge in [0.15, 0.2) is 0 Å². The Morgan fingerprint density at radius 3 is 2.36 bits per heavy atom. The van der Waals surface area contributed by atoms with Gasteiger partial charge < -0.3 is 10.1 Å². The van der Waals surface area contributed by atoms with Gasteiger partial charge in [-0.15, -0.1) is 0 Å². The fourth-order valence-corrected chi connectivity index (χ4v) is 1.16. The van der Waals surface area contributed by atoms with E-state index in [1.807, 2.05) is 0 Å². The highest BCUT2D eigenvalue weighted by molar-refractivity contribution is 4.72. The first-order valence-corrected chi connectivity index (χ1v) is 5.79. The minimum Gasteiger partial charge on any atom is -0.381 e. The molecule has 0 aromatic heterocycles. The molecule has 0 rings (SSSR count). The second-order valence-corrected chi connectivity index (χ2v) is 5.06. The minimum atomic E-state index is 0.345. The lowest BCUT2D eigenvalue weighted by Gasteiger charge is -2.26. The Hall–Kier alpha value is -0.0800. The van der Waals surface area contributed by atoms with Crippen LogP contribution in [0.5, 0.6) is 0 Å². The molecule has 0 aliphatic carbocycles. The van der Waals surface area contributed by atoms with Crippen molar-refractivity contribution >= 4 is 0 Å². The topological polar surface area (TPSA) is 21.3 Å². The van der Waals surface area contributed by atoms with E-state index in [9.17, 15) is 0 Å². The first-order chi connectivity index (χ1) is 6.48. The SMILES string of the molecule is CCCOCCC(C)(C)CNC(C)C. The van der Waals surface area contributed by atoms with Crippen LogP contribution in [-0.2, 0) is 4.74 Å². The summed E-state index contributed by atoms with van der Waals surface area (Å²) >= 11 is 0. The molecule has 0 atom stereocenters. The Morgan fingerprint density at radius 1 is 1.21 bits per heavy atom. The maximum Gasteiger partial charge on any atom is 0.0471 e. The van der Waals surface area contributed by atoms with Gasteiger partial charge in [-0.25, -0.2) is 0 Å². The van der Waals surface area contributed by atoms with Gasteiger partial charge in [-0.05, 0) is 18.3 Å². The van der Waals surface area contributed by atoms with Crippen LogP contribution in [0.1, 0.15) is 47.5 Å². The summed E-state index contributed by atoms with van der Waals surface area (Å²) in [6.45, 7) is 13.9. The quantitative estimate of drug-likeness (QED) is 0.610. The van der Waals surface area contributed by atoms with Gasteiger partial charge in [0.25, 0.3) is 0 Å². The van der Waals surface area contributed by atoms with Crippen molar-refractivity contribution in [3.63, 3.8) is 0 Å². The molecule has 0 amide bonds. The first-order valence-electron chi connectivity index (χ1n) is 5.79. The van der Waals surface area contributed by atoms with Crippen molar-refractivity contribution in [1.29, 1.82) is 0 Å². The van der Waals surface area contributed by atoms with E-state index in [2.05, 4.69) is 39.9 Å². The molecule has 0 saturated carbocycles. The largest absolute Gasteiger partial charge is 0.381 e. The Morgan fingerprint density at radius 2 is 1.86 bits per heavy atom. The molecule has 0 aromatic carbocycles. The van der Waals surface area contributed by atoms with E-state index >= 15 is 0 Å². The summed E-state index contributed by atoms with van der Waals surface area (Å²) in [7, 11) is 0. The lowest BCUT2D eigenvalue weighted by molar-refractivity contribution is 0.103. The number of rotatable bonds is 8.